The number of hydrogen-bond donors (Lipinski definition) is 0. The molecule has 2 aliphatic rings. The second-order valence-corrected chi connectivity index (χ2v) is 9.84. The van der Waals surface area contributed by atoms with E-state index >= 15 is 0 Å². The van der Waals surface area contributed by atoms with Crippen LogP contribution in [0.4, 0.5) is 5.82 Å². The highest BCUT2D eigenvalue weighted by Gasteiger charge is 2.34. The van der Waals surface area contributed by atoms with Gasteiger partial charge in [-0.25, -0.2) is 9.97 Å². The highest BCUT2D eigenvalue weighted by atomic mass is 32.1. The summed E-state index contributed by atoms with van der Waals surface area (Å²) >= 11 is 1.69. The quantitative estimate of drug-likeness (QED) is 0.639. The second-order valence-electron chi connectivity index (χ2n) is 8.84. The van der Waals surface area contributed by atoms with E-state index in [0.29, 0.717) is 6.61 Å². The Morgan fingerprint density at radius 3 is 2.86 bits per heavy atom. The topological polar surface area (TPSA) is 61.6 Å². The van der Waals surface area contributed by atoms with Gasteiger partial charge in [-0.3, -0.25) is 0 Å². The Morgan fingerprint density at radius 1 is 1.31 bits per heavy atom. The first kappa shape index (κ1) is 19.0. The fourth-order valence-electron chi connectivity index (χ4n) is 4.36. The molecule has 1 saturated heterocycles. The molecule has 0 spiro atoms. The number of nitrogens with one attached hydrogen (secondary N) is 1. The van der Waals surface area contributed by atoms with Crippen LogP contribution in [-0.2, 0) is 17.8 Å². The first-order chi connectivity index (χ1) is 14.0. The van der Waals surface area contributed by atoms with Crippen LogP contribution >= 0.6 is 11.3 Å². The first-order valence-corrected chi connectivity index (χ1v) is 11.5. The number of fused-ring (bicyclic) bond motifs is 5. The molecule has 7 heteroatoms. The maximum Gasteiger partial charge on any atom is 0.304 e. The zero-order valence-corrected chi connectivity index (χ0v) is 18.5. The van der Waals surface area contributed by atoms with Crippen molar-refractivity contribution in [3.8, 4) is 5.88 Å². The van der Waals surface area contributed by atoms with Gasteiger partial charge >= 0.3 is 5.88 Å². The molecule has 1 atom stereocenters. The van der Waals surface area contributed by atoms with E-state index in [2.05, 4.69) is 37.6 Å². The fraction of sp³-hybridized carbons (Fsp3) is 0.591. The van der Waals surface area contributed by atoms with Gasteiger partial charge in [0.05, 0.1) is 23.7 Å². The van der Waals surface area contributed by atoms with Crippen molar-refractivity contribution in [1.82, 2.24) is 9.97 Å². The lowest BCUT2D eigenvalue weighted by molar-refractivity contribution is -0.398. The van der Waals surface area contributed by atoms with Crippen molar-refractivity contribution in [3.05, 3.63) is 17.5 Å². The van der Waals surface area contributed by atoms with Crippen LogP contribution in [0.1, 0.15) is 58.1 Å². The van der Waals surface area contributed by atoms with Gasteiger partial charge in [-0.1, -0.05) is 6.92 Å². The maximum absolute atomic E-state index is 6.21. The summed E-state index contributed by atoms with van der Waals surface area (Å²) in [5, 5.41) is 1.18. The summed E-state index contributed by atoms with van der Waals surface area (Å²) in [6.07, 6.45) is 6.19. The van der Waals surface area contributed by atoms with Crippen LogP contribution in [0.2, 0.25) is 0 Å². The lowest BCUT2D eigenvalue weighted by Gasteiger charge is -2.34. The van der Waals surface area contributed by atoms with E-state index in [0.717, 1.165) is 52.7 Å². The third-order valence-corrected chi connectivity index (χ3v) is 7.18. The van der Waals surface area contributed by atoms with Crippen LogP contribution in [0.5, 0.6) is 5.88 Å². The molecule has 0 aromatic carbocycles. The van der Waals surface area contributed by atoms with E-state index in [1.54, 1.807) is 17.7 Å². The molecule has 1 N–H and O–H groups in total. The number of H-pyrrole nitrogens is 1. The minimum absolute atomic E-state index is 0.149. The molecular formula is C22H29N4O2S+. The normalized spacial score (nSPS) is 19.7. The molecule has 154 valence electrons. The van der Waals surface area contributed by atoms with Crippen molar-refractivity contribution in [3.63, 3.8) is 0 Å². The lowest BCUT2D eigenvalue weighted by Crippen LogP contribution is -2.33. The monoisotopic (exact) mass is 413 g/mol. The summed E-state index contributed by atoms with van der Waals surface area (Å²) in [6, 6.07) is 0. The summed E-state index contributed by atoms with van der Waals surface area (Å²) in [5.74, 6) is 1.91. The third kappa shape index (κ3) is 3.24. The predicted octanol–water partition coefficient (Wildman–Crippen LogP) is 4.29. The average molecular weight is 414 g/mol. The maximum atomic E-state index is 6.21. The van der Waals surface area contributed by atoms with Gasteiger partial charge in [0.15, 0.2) is 4.70 Å². The Kier molecular flexibility index (Phi) is 4.62. The van der Waals surface area contributed by atoms with Crippen LogP contribution in [0, 0.1) is 0 Å². The number of anilines is 1. The first-order valence-electron chi connectivity index (χ1n) is 10.7. The molecule has 3 aromatic rings. The van der Waals surface area contributed by atoms with Gasteiger partial charge in [-0.15, -0.1) is 11.3 Å². The molecule has 6 nitrogen and oxygen atoms in total. The molecule has 0 saturated carbocycles. The molecule has 0 radical (unpaired) electrons. The SMILES string of the molecule is CC[C@H](C)Oc1[nH+]cnc2c1sc1nc(N3CCCC3)c3c(c12)CC(C)(C)OC3. The smallest absolute Gasteiger partial charge is 0.304 e. The third-order valence-electron chi connectivity index (χ3n) is 6.11. The average Bonchev–Trinajstić information content (AvgIpc) is 3.34. The van der Waals surface area contributed by atoms with E-state index < -0.39 is 0 Å². The highest BCUT2D eigenvalue weighted by molar-refractivity contribution is 7.25. The summed E-state index contributed by atoms with van der Waals surface area (Å²) in [4.78, 5) is 16.6. The molecule has 1 fully saturated rings. The molecular weight excluding hydrogens is 384 g/mol. The molecule has 0 unspecified atom stereocenters. The van der Waals surface area contributed by atoms with Gasteiger partial charge < -0.3 is 14.4 Å². The zero-order chi connectivity index (χ0) is 20.2. The number of aromatic amines is 1. The van der Waals surface area contributed by atoms with Crippen LogP contribution in [0.15, 0.2) is 6.33 Å². The number of ether oxygens (including phenoxy) is 2. The highest BCUT2D eigenvalue weighted by Crippen LogP contribution is 2.44. The molecule has 0 aliphatic carbocycles. The van der Waals surface area contributed by atoms with Crippen molar-refractivity contribution in [2.75, 3.05) is 18.0 Å². The summed E-state index contributed by atoms with van der Waals surface area (Å²) in [5.41, 5.74) is 3.41. The number of nitrogens with zero attached hydrogens (tertiary/aromatic N) is 3. The largest absolute Gasteiger partial charge is 0.458 e. The standard InChI is InChI=1S/C22H28N4O2S/c1-5-13(2)28-20-18-17(23-12-24-20)16-14-10-22(3,4)27-11-15(14)19(25-21(16)29-18)26-8-6-7-9-26/h12-13H,5-11H2,1-4H3/p+1/t13-/m0/s1. The van der Waals surface area contributed by atoms with Gasteiger partial charge in [0.2, 0.25) is 5.52 Å². The Hall–Kier alpha value is -1.99. The summed E-state index contributed by atoms with van der Waals surface area (Å²) in [7, 11) is 0. The minimum Gasteiger partial charge on any atom is -0.458 e. The fourth-order valence-corrected chi connectivity index (χ4v) is 5.46. The van der Waals surface area contributed by atoms with Crippen molar-refractivity contribution in [2.45, 2.75) is 71.7 Å². The molecule has 29 heavy (non-hydrogen) atoms. The van der Waals surface area contributed by atoms with Crippen LogP contribution in [0.25, 0.3) is 20.4 Å². The molecule has 2 aliphatic heterocycles. The molecule has 5 heterocycles. The second kappa shape index (κ2) is 7.06. The molecule has 3 aromatic heterocycles. The van der Waals surface area contributed by atoms with E-state index in [9.17, 15) is 0 Å². The molecule has 5 rings (SSSR count). The van der Waals surface area contributed by atoms with E-state index in [4.69, 9.17) is 19.4 Å². The number of aromatic nitrogens is 3. The Balaban J connectivity index is 1.76. The Labute approximate surface area is 175 Å². The van der Waals surface area contributed by atoms with Crippen LogP contribution in [-0.4, -0.2) is 34.8 Å². The van der Waals surface area contributed by atoms with Crippen molar-refractivity contribution in [1.29, 1.82) is 0 Å². The van der Waals surface area contributed by atoms with E-state index in [-0.39, 0.29) is 11.7 Å². The molecule has 0 bridgehead atoms. The van der Waals surface area contributed by atoms with Crippen molar-refractivity contribution >= 4 is 37.6 Å². The number of pyridine rings is 1. The minimum atomic E-state index is -0.186. The van der Waals surface area contributed by atoms with Gasteiger partial charge in [-0.2, -0.15) is 0 Å². The van der Waals surface area contributed by atoms with Crippen LogP contribution < -0.4 is 14.6 Å². The zero-order valence-electron chi connectivity index (χ0n) is 17.7. The van der Waals surface area contributed by atoms with Gasteiger partial charge in [0.25, 0.3) is 6.33 Å². The van der Waals surface area contributed by atoms with E-state index in [1.165, 1.54) is 29.4 Å². The number of rotatable bonds is 4. The number of thiophene rings is 1. The number of hydrogen-bond acceptors (Lipinski definition) is 6. The Bertz CT molecular complexity index is 1070. The van der Waals surface area contributed by atoms with Gasteiger partial charge in [-0.05, 0) is 50.6 Å². The predicted molar refractivity (Wildman–Crippen MR) is 116 cm³/mol. The van der Waals surface area contributed by atoms with Crippen molar-refractivity contribution < 1.29 is 14.5 Å². The lowest BCUT2D eigenvalue weighted by atomic mass is 9.90. The Morgan fingerprint density at radius 2 is 2.10 bits per heavy atom. The van der Waals surface area contributed by atoms with Gasteiger partial charge in [0, 0.05) is 25.1 Å². The summed E-state index contributed by atoms with van der Waals surface area (Å²) < 4.78 is 13.4. The summed E-state index contributed by atoms with van der Waals surface area (Å²) in [6.45, 7) is 11.3. The van der Waals surface area contributed by atoms with E-state index in [1.807, 2.05) is 0 Å². The van der Waals surface area contributed by atoms with Crippen molar-refractivity contribution in [2.24, 2.45) is 0 Å². The molecule has 0 amide bonds. The van der Waals surface area contributed by atoms with Crippen LogP contribution in [0.3, 0.4) is 0 Å². The van der Waals surface area contributed by atoms with Gasteiger partial charge in [0.1, 0.15) is 10.6 Å².